The smallest absolute Gasteiger partial charge is 0.271 e. The molecule has 0 fully saturated rings. The topological polar surface area (TPSA) is 69.0 Å². The molecule has 0 spiro atoms. The fraction of sp³-hybridized carbons (Fsp3) is 0.364. The van der Waals surface area contributed by atoms with Crippen LogP contribution in [-0.2, 0) is 7.05 Å². The minimum Gasteiger partial charge on any atom is -0.494 e. The largest absolute Gasteiger partial charge is 0.494 e. The van der Waals surface area contributed by atoms with Crippen LogP contribution in [0.15, 0.2) is 4.47 Å². The van der Waals surface area contributed by atoms with Crippen molar-refractivity contribution in [3.05, 3.63) is 20.1 Å². The van der Waals surface area contributed by atoms with E-state index in [1.165, 1.54) is 18.4 Å². The van der Waals surface area contributed by atoms with Gasteiger partial charge in [-0.25, -0.2) is 0 Å². The lowest BCUT2D eigenvalue weighted by Gasteiger charge is -2.05. The maximum absolute atomic E-state index is 12.2. The van der Waals surface area contributed by atoms with Gasteiger partial charge in [-0.15, -0.1) is 21.5 Å². The van der Waals surface area contributed by atoms with E-state index >= 15 is 0 Å². The van der Waals surface area contributed by atoms with Gasteiger partial charge in [-0.1, -0.05) is 0 Å². The molecule has 2 aromatic rings. The zero-order valence-corrected chi connectivity index (χ0v) is 13.3. The van der Waals surface area contributed by atoms with Gasteiger partial charge in [0.2, 0.25) is 5.95 Å². The van der Waals surface area contributed by atoms with Crippen molar-refractivity contribution in [3.8, 4) is 5.75 Å². The molecule has 2 rings (SSSR count). The highest BCUT2D eigenvalue weighted by molar-refractivity contribution is 9.10. The average Bonchev–Trinajstić information content (AvgIpc) is 2.84. The van der Waals surface area contributed by atoms with Crippen LogP contribution in [0.3, 0.4) is 0 Å². The maximum atomic E-state index is 12.2. The van der Waals surface area contributed by atoms with Crippen LogP contribution in [0, 0.1) is 13.8 Å². The summed E-state index contributed by atoms with van der Waals surface area (Å²) in [6.07, 6.45) is 0. The molecule has 0 radical (unpaired) electrons. The quantitative estimate of drug-likeness (QED) is 0.928. The normalized spacial score (nSPS) is 10.6. The van der Waals surface area contributed by atoms with Crippen LogP contribution < -0.4 is 10.1 Å². The van der Waals surface area contributed by atoms with Gasteiger partial charge in [-0.3, -0.25) is 10.1 Å². The molecular weight excluding hydrogens is 332 g/mol. The van der Waals surface area contributed by atoms with Gasteiger partial charge in [0.25, 0.3) is 5.91 Å². The summed E-state index contributed by atoms with van der Waals surface area (Å²) in [5.74, 6) is 1.42. The van der Waals surface area contributed by atoms with Gasteiger partial charge in [0, 0.05) is 11.9 Å². The highest BCUT2D eigenvalue weighted by Gasteiger charge is 2.22. The second kappa shape index (κ2) is 5.30. The maximum Gasteiger partial charge on any atom is 0.271 e. The van der Waals surface area contributed by atoms with Crippen LogP contribution >= 0.6 is 27.3 Å². The Bertz CT molecular complexity index is 635. The summed E-state index contributed by atoms with van der Waals surface area (Å²) < 4.78 is 7.76. The lowest BCUT2D eigenvalue weighted by Crippen LogP contribution is -2.14. The van der Waals surface area contributed by atoms with Gasteiger partial charge in [-0.05, 0) is 29.8 Å². The van der Waals surface area contributed by atoms with Crippen molar-refractivity contribution in [3.63, 3.8) is 0 Å². The van der Waals surface area contributed by atoms with E-state index in [1.54, 1.807) is 11.6 Å². The first-order valence-electron chi connectivity index (χ1n) is 5.46. The predicted molar refractivity (Wildman–Crippen MR) is 77.0 cm³/mol. The Morgan fingerprint density at radius 3 is 2.63 bits per heavy atom. The Hall–Kier alpha value is -1.41. The molecule has 2 heterocycles. The number of carbonyl (C=O) groups excluding carboxylic acids is 1. The third-order valence-electron chi connectivity index (χ3n) is 2.70. The molecule has 8 heteroatoms. The zero-order valence-electron chi connectivity index (χ0n) is 10.9. The van der Waals surface area contributed by atoms with Crippen molar-refractivity contribution in [1.29, 1.82) is 0 Å². The van der Waals surface area contributed by atoms with Crippen molar-refractivity contribution < 1.29 is 9.53 Å². The lowest BCUT2D eigenvalue weighted by atomic mass is 10.4. The third kappa shape index (κ3) is 2.50. The Morgan fingerprint density at radius 1 is 1.42 bits per heavy atom. The van der Waals surface area contributed by atoms with Crippen LogP contribution in [0.25, 0.3) is 0 Å². The number of carbonyl (C=O) groups is 1. The molecule has 1 N–H and O–H groups in total. The second-order valence-electron chi connectivity index (χ2n) is 3.92. The van der Waals surface area contributed by atoms with Gasteiger partial charge in [-0.2, -0.15) is 0 Å². The van der Waals surface area contributed by atoms with Gasteiger partial charge < -0.3 is 9.30 Å². The average molecular weight is 345 g/mol. The fourth-order valence-corrected chi connectivity index (χ4v) is 3.15. The summed E-state index contributed by atoms with van der Waals surface area (Å²) in [6.45, 7) is 3.73. The second-order valence-corrected chi connectivity index (χ2v) is 5.94. The number of ether oxygens (including phenoxy) is 1. The van der Waals surface area contributed by atoms with Crippen molar-refractivity contribution in [2.45, 2.75) is 13.8 Å². The number of halogens is 1. The highest BCUT2D eigenvalue weighted by Crippen LogP contribution is 2.39. The van der Waals surface area contributed by atoms with Gasteiger partial charge in [0.15, 0.2) is 5.75 Å². The molecule has 102 valence electrons. The molecule has 0 saturated carbocycles. The number of anilines is 1. The SMILES string of the molecule is COc1c(C(=O)Nc2nnc(C)n2C)sc(C)c1Br. The van der Waals surface area contributed by atoms with Crippen molar-refractivity contribution in [2.75, 3.05) is 12.4 Å². The molecule has 6 nitrogen and oxygen atoms in total. The molecule has 0 atom stereocenters. The number of aryl methyl sites for hydroxylation is 2. The first-order chi connectivity index (χ1) is 8.95. The number of thiophene rings is 1. The number of hydrogen-bond donors (Lipinski definition) is 1. The molecule has 0 bridgehead atoms. The molecule has 0 aliphatic heterocycles. The molecular formula is C11H13BrN4O2S. The summed E-state index contributed by atoms with van der Waals surface area (Å²) in [6, 6.07) is 0. The summed E-state index contributed by atoms with van der Waals surface area (Å²) in [5.41, 5.74) is 0. The molecule has 0 aliphatic rings. The standard InChI is InChI=1S/C11H13BrN4O2S/c1-5-7(12)8(18-4)9(19-5)10(17)13-11-15-14-6(2)16(11)3/h1-4H3,(H,13,15,17). The molecule has 0 aromatic carbocycles. The number of rotatable bonds is 3. The monoisotopic (exact) mass is 344 g/mol. The fourth-order valence-electron chi connectivity index (χ4n) is 1.51. The zero-order chi connectivity index (χ0) is 14.2. The Morgan fingerprint density at radius 2 is 2.11 bits per heavy atom. The molecule has 0 saturated heterocycles. The van der Waals surface area contributed by atoms with E-state index in [-0.39, 0.29) is 5.91 Å². The van der Waals surface area contributed by atoms with E-state index in [2.05, 4.69) is 31.4 Å². The number of nitrogens with zero attached hydrogens (tertiary/aromatic N) is 3. The number of amides is 1. The van der Waals surface area contributed by atoms with Gasteiger partial charge in [0.05, 0.1) is 11.6 Å². The minimum atomic E-state index is -0.258. The van der Waals surface area contributed by atoms with Crippen molar-refractivity contribution in [2.24, 2.45) is 7.05 Å². The molecule has 2 aromatic heterocycles. The van der Waals surface area contributed by atoms with Gasteiger partial charge >= 0.3 is 0 Å². The highest BCUT2D eigenvalue weighted by atomic mass is 79.9. The van der Waals surface area contributed by atoms with Crippen LogP contribution in [0.4, 0.5) is 5.95 Å². The van der Waals surface area contributed by atoms with E-state index in [1.807, 2.05) is 13.8 Å². The molecule has 0 aliphatic carbocycles. The van der Waals surface area contributed by atoms with Crippen molar-refractivity contribution >= 4 is 39.1 Å². The Kier molecular flexibility index (Phi) is 3.91. The Balaban J connectivity index is 2.30. The molecule has 1 amide bonds. The van der Waals surface area contributed by atoms with E-state index in [4.69, 9.17) is 4.74 Å². The van der Waals surface area contributed by atoms with E-state index in [0.717, 1.165) is 15.2 Å². The third-order valence-corrected chi connectivity index (χ3v) is 5.00. The first-order valence-corrected chi connectivity index (χ1v) is 7.06. The van der Waals surface area contributed by atoms with Crippen LogP contribution in [0.2, 0.25) is 0 Å². The summed E-state index contributed by atoms with van der Waals surface area (Å²) >= 11 is 4.77. The number of nitrogens with one attached hydrogen (secondary N) is 1. The van der Waals surface area contributed by atoms with E-state index < -0.39 is 0 Å². The number of methoxy groups -OCH3 is 1. The molecule has 0 unspecified atom stereocenters. The first kappa shape index (κ1) is 14.0. The van der Waals surface area contributed by atoms with Gasteiger partial charge in [0.1, 0.15) is 10.7 Å². The van der Waals surface area contributed by atoms with Crippen LogP contribution in [-0.4, -0.2) is 27.8 Å². The Labute approximate surface area is 122 Å². The predicted octanol–water partition coefficient (Wildman–Crippen LogP) is 2.52. The number of hydrogen-bond acceptors (Lipinski definition) is 5. The van der Waals surface area contributed by atoms with Crippen LogP contribution in [0.5, 0.6) is 5.75 Å². The summed E-state index contributed by atoms with van der Waals surface area (Å²) in [7, 11) is 3.33. The minimum absolute atomic E-state index is 0.258. The summed E-state index contributed by atoms with van der Waals surface area (Å²) in [4.78, 5) is 13.7. The van der Waals surface area contributed by atoms with E-state index in [0.29, 0.717) is 16.6 Å². The van der Waals surface area contributed by atoms with Crippen molar-refractivity contribution in [1.82, 2.24) is 14.8 Å². The van der Waals surface area contributed by atoms with Crippen LogP contribution in [0.1, 0.15) is 20.4 Å². The summed E-state index contributed by atoms with van der Waals surface area (Å²) in [5, 5.41) is 10.5. The molecule has 19 heavy (non-hydrogen) atoms. The van der Waals surface area contributed by atoms with E-state index in [9.17, 15) is 4.79 Å². The lowest BCUT2D eigenvalue weighted by molar-refractivity contribution is 0.102. The number of aromatic nitrogens is 3.